The molecule has 14 aromatic rings. The molecule has 2 heteroatoms. The summed E-state index contributed by atoms with van der Waals surface area (Å²) in [6, 6.07) is 81.6. The van der Waals surface area contributed by atoms with Gasteiger partial charge in [-0.2, -0.15) is 0 Å². The Labute approximate surface area is 377 Å². The third-order valence-corrected chi connectivity index (χ3v) is 15.9. The topological polar surface area (TPSA) is 0 Å². The van der Waals surface area contributed by atoms with Gasteiger partial charge in [0, 0.05) is 40.3 Å². The third-order valence-electron chi connectivity index (χ3n) is 13.6. The molecular weight excluding hydrogens is 809 g/mol. The Hall–Kier alpha value is -7.62. The number of benzene rings is 12. The normalized spacial score (nSPS) is 12.1. The smallest absolute Gasteiger partial charge is 0.0368 e. The molecule has 14 rings (SSSR count). The summed E-state index contributed by atoms with van der Waals surface area (Å²) in [4.78, 5) is 0. The van der Waals surface area contributed by atoms with Crippen LogP contribution in [0.1, 0.15) is 0 Å². The molecule has 0 aliphatic carbocycles. The monoisotopic (exact) mass is 844 g/mol. The third kappa shape index (κ3) is 5.28. The average Bonchev–Trinajstić information content (AvgIpc) is 3.93. The lowest BCUT2D eigenvalue weighted by Gasteiger charge is -2.20. The average molecular weight is 845 g/mol. The highest BCUT2D eigenvalue weighted by atomic mass is 32.1. The maximum absolute atomic E-state index is 2.48. The van der Waals surface area contributed by atoms with Gasteiger partial charge in [0.05, 0.1) is 0 Å². The molecular formula is C62H36S2. The van der Waals surface area contributed by atoms with Crippen LogP contribution in [0.3, 0.4) is 0 Å². The highest BCUT2D eigenvalue weighted by Crippen LogP contribution is 2.51. The molecule has 0 bridgehead atoms. The number of rotatable bonds is 4. The molecule has 0 saturated heterocycles. The highest BCUT2D eigenvalue weighted by Gasteiger charge is 2.22. The first-order valence-corrected chi connectivity index (χ1v) is 23.6. The van der Waals surface area contributed by atoms with Gasteiger partial charge in [-0.05, 0) is 135 Å². The summed E-state index contributed by atoms with van der Waals surface area (Å²) in [5.74, 6) is 0. The molecule has 2 aromatic heterocycles. The van der Waals surface area contributed by atoms with Crippen molar-refractivity contribution >= 4 is 117 Å². The van der Waals surface area contributed by atoms with Crippen LogP contribution in [0.5, 0.6) is 0 Å². The van der Waals surface area contributed by atoms with Crippen LogP contribution in [0, 0.1) is 0 Å². The first-order valence-electron chi connectivity index (χ1n) is 22.0. The Morgan fingerprint density at radius 1 is 0.219 bits per heavy atom. The van der Waals surface area contributed by atoms with Gasteiger partial charge in [0.15, 0.2) is 0 Å². The van der Waals surface area contributed by atoms with Crippen LogP contribution in [0.25, 0.3) is 139 Å². The van der Waals surface area contributed by atoms with Crippen molar-refractivity contribution in [3.63, 3.8) is 0 Å². The molecule has 0 unspecified atom stereocenters. The molecule has 0 nitrogen and oxygen atoms in total. The predicted octanol–water partition coefficient (Wildman–Crippen LogP) is 18.9. The maximum Gasteiger partial charge on any atom is 0.0368 e. The van der Waals surface area contributed by atoms with E-state index in [1.165, 1.54) is 139 Å². The van der Waals surface area contributed by atoms with Crippen LogP contribution in [0.4, 0.5) is 0 Å². The molecule has 64 heavy (non-hydrogen) atoms. The molecule has 296 valence electrons. The summed E-state index contributed by atoms with van der Waals surface area (Å²) >= 11 is 3.82. The zero-order valence-corrected chi connectivity index (χ0v) is 36.2. The number of fused-ring (bicyclic) bond motifs is 13. The Kier molecular flexibility index (Phi) is 7.83. The predicted molar refractivity (Wildman–Crippen MR) is 281 cm³/mol. The lowest BCUT2D eigenvalue weighted by Crippen LogP contribution is -1.93. The summed E-state index contributed by atoms with van der Waals surface area (Å²) in [5.41, 5.74) is 10.0. The fraction of sp³-hybridized carbons (Fsp3) is 0. The van der Waals surface area contributed by atoms with Gasteiger partial charge in [0.25, 0.3) is 0 Å². The van der Waals surface area contributed by atoms with Crippen molar-refractivity contribution in [3.8, 4) is 44.5 Å². The number of hydrogen-bond donors (Lipinski definition) is 0. The Bertz CT molecular complexity index is 4200. The van der Waals surface area contributed by atoms with Crippen LogP contribution >= 0.6 is 22.7 Å². The second-order valence-corrected chi connectivity index (χ2v) is 19.2. The van der Waals surface area contributed by atoms with E-state index in [1.807, 2.05) is 22.7 Å². The molecule has 2 heterocycles. The fourth-order valence-corrected chi connectivity index (χ4v) is 13.1. The summed E-state index contributed by atoms with van der Waals surface area (Å²) in [7, 11) is 0. The van der Waals surface area contributed by atoms with Crippen LogP contribution in [-0.4, -0.2) is 0 Å². The van der Waals surface area contributed by atoms with Crippen molar-refractivity contribution in [1.29, 1.82) is 0 Å². The summed E-state index contributed by atoms with van der Waals surface area (Å²) < 4.78 is 5.37. The molecule has 0 fully saturated rings. The number of hydrogen-bond acceptors (Lipinski definition) is 2. The van der Waals surface area contributed by atoms with E-state index in [0.29, 0.717) is 0 Å². The van der Waals surface area contributed by atoms with Crippen LogP contribution in [0.2, 0.25) is 0 Å². The van der Waals surface area contributed by atoms with Gasteiger partial charge in [-0.15, -0.1) is 22.7 Å². The second-order valence-electron chi connectivity index (χ2n) is 17.0. The lowest BCUT2D eigenvalue weighted by atomic mass is 9.83. The zero-order chi connectivity index (χ0) is 41.9. The molecule has 0 N–H and O–H groups in total. The van der Waals surface area contributed by atoms with Crippen LogP contribution < -0.4 is 0 Å². The number of thiophene rings is 2. The molecule has 0 atom stereocenters. The zero-order valence-electron chi connectivity index (χ0n) is 34.6. The van der Waals surface area contributed by atoms with Crippen molar-refractivity contribution in [2.24, 2.45) is 0 Å². The Balaban J connectivity index is 0.990. The van der Waals surface area contributed by atoms with Crippen molar-refractivity contribution in [2.75, 3.05) is 0 Å². The second kappa shape index (κ2) is 13.9. The lowest BCUT2D eigenvalue weighted by molar-refractivity contribution is 1.63. The molecule has 0 aliphatic rings. The fourth-order valence-electron chi connectivity index (χ4n) is 10.9. The van der Waals surface area contributed by atoms with Gasteiger partial charge >= 0.3 is 0 Å². The minimum absolute atomic E-state index is 1.22. The van der Waals surface area contributed by atoms with E-state index >= 15 is 0 Å². The van der Waals surface area contributed by atoms with Crippen molar-refractivity contribution < 1.29 is 0 Å². The highest BCUT2D eigenvalue weighted by molar-refractivity contribution is 7.28. The quantitative estimate of drug-likeness (QED) is 0.155. The van der Waals surface area contributed by atoms with Crippen molar-refractivity contribution in [2.45, 2.75) is 0 Å². The van der Waals surface area contributed by atoms with Gasteiger partial charge in [0.2, 0.25) is 0 Å². The summed E-state index contributed by atoms with van der Waals surface area (Å²) in [6.45, 7) is 0. The molecule has 12 aromatic carbocycles. The minimum Gasteiger partial charge on any atom is -0.135 e. The van der Waals surface area contributed by atoms with Gasteiger partial charge in [-0.25, -0.2) is 0 Å². The van der Waals surface area contributed by atoms with E-state index < -0.39 is 0 Å². The van der Waals surface area contributed by atoms with E-state index in [2.05, 4.69) is 218 Å². The minimum atomic E-state index is 1.22. The Morgan fingerprint density at radius 3 is 1.45 bits per heavy atom. The first kappa shape index (κ1) is 35.9. The Morgan fingerprint density at radius 2 is 0.719 bits per heavy atom. The van der Waals surface area contributed by atoms with E-state index in [1.54, 1.807) is 0 Å². The van der Waals surface area contributed by atoms with Gasteiger partial charge in [-0.3, -0.25) is 0 Å². The summed E-state index contributed by atoms with van der Waals surface area (Å²) in [5, 5.41) is 18.2. The van der Waals surface area contributed by atoms with Crippen LogP contribution in [0.15, 0.2) is 218 Å². The SMILES string of the molecule is c1cc(-c2ccc3ccccc3c2)cc(-c2c3ccccc3c(-c3ccc(-c4cc5sc6ccc7sc8ccccc8c7c6c5c5ccccc45)c4ccccc34)c3ccccc23)c1. The molecule has 0 amide bonds. The van der Waals surface area contributed by atoms with E-state index in [0.717, 1.165) is 0 Å². The standard InChI is InChI=1S/C62H36S2/c1-2-15-38-34-40(29-28-37(38)14-1)39-16-13-17-41(35-39)58-47-22-7-9-24-49(47)59(50-25-10-8-23-48(50)58)51-31-30-45(42-18-3-4-19-43(42)51)53-36-57-60(46-21-6-5-20-44(46)53)62-56(64-57)33-32-55-61(62)52-26-11-12-27-54(52)63-55/h1-36H. The van der Waals surface area contributed by atoms with Gasteiger partial charge < -0.3 is 0 Å². The van der Waals surface area contributed by atoms with E-state index in [4.69, 9.17) is 0 Å². The molecule has 0 aliphatic heterocycles. The van der Waals surface area contributed by atoms with Crippen molar-refractivity contribution in [1.82, 2.24) is 0 Å². The van der Waals surface area contributed by atoms with Crippen molar-refractivity contribution in [3.05, 3.63) is 218 Å². The maximum atomic E-state index is 2.48. The van der Waals surface area contributed by atoms with E-state index in [-0.39, 0.29) is 0 Å². The molecule has 0 spiro atoms. The van der Waals surface area contributed by atoms with Crippen LogP contribution in [-0.2, 0) is 0 Å². The van der Waals surface area contributed by atoms with Gasteiger partial charge in [0.1, 0.15) is 0 Å². The molecule has 0 radical (unpaired) electrons. The van der Waals surface area contributed by atoms with Gasteiger partial charge in [-0.1, -0.05) is 182 Å². The summed E-state index contributed by atoms with van der Waals surface area (Å²) in [6.07, 6.45) is 0. The molecule has 0 saturated carbocycles. The van der Waals surface area contributed by atoms with E-state index in [9.17, 15) is 0 Å². The largest absolute Gasteiger partial charge is 0.135 e. The first-order chi connectivity index (χ1) is 31.7.